The topological polar surface area (TPSA) is 29.1 Å². The third kappa shape index (κ3) is 1.44. The van der Waals surface area contributed by atoms with E-state index < -0.39 is 0 Å². The molecule has 0 aromatic heterocycles. The van der Waals surface area contributed by atoms with Gasteiger partial charge in [0.05, 0.1) is 0 Å². The molecule has 2 aliphatic rings. The number of hydrogen-bond acceptors (Lipinski definition) is 3. The number of aldehydes is 1. The maximum Gasteiger partial charge on any atom is 0.147 e. The summed E-state index contributed by atoms with van der Waals surface area (Å²) in [7, 11) is 0. The van der Waals surface area contributed by atoms with Crippen LogP contribution in [0.4, 0.5) is 0 Å². The van der Waals surface area contributed by atoms with Crippen molar-refractivity contribution >= 4 is 29.6 Å². The highest BCUT2D eigenvalue weighted by Crippen LogP contribution is 2.32. The minimum absolute atomic E-state index is 0.0801. The van der Waals surface area contributed by atoms with Crippen LogP contribution in [0.3, 0.4) is 0 Å². The number of rotatable bonds is 1. The van der Waals surface area contributed by atoms with E-state index in [-0.39, 0.29) is 11.4 Å². The first-order valence-corrected chi connectivity index (χ1v) is 5.04. The number of carbonyl (C=O) groups excluding carboxylic acids is 1. The monoisotopic (exact) mass is 201 g/mol. The normalized spacial score (nSPS) is 39.1. The van der Waals surface area contributed by atoms with Crippen LogP contribution in [0.2, 0.25) is 0 Å². The van der Waals surface area contributed by atoms with Crippen molar-refractivity contribution in [2.75, 3.05) is 0 Å². The van der Waals surface area contributed by atoms with Crippen molar-refractivity contribution in [3.05, 3.63) is 23.3 Å². The molecule has 3 atom stereocenters. The fraction of sp³-hybridized carbons (Fsp3) is 0.375. The summed E-state index contributed by atoms with van der Waals surface area (Å²) in [6, 6.07) is 0.225. The summed E-state index contributed by atoms with van der Waals surface area (Å²) in [5.41, 5.74) is 0. The number of thioether (sulfide) groups is 1. The maximum absolute atomic E-state index is 10.5. The lowest BCUT2D eigenvalue weighted by atomic mass is 10.1. The lowest BCUT2D eigenvalue weighted by Crippen LogP contribution is -2.32. The molecule has 12 heavy (non-hydrogen) atoms. The lowest BCUT2D eigenvalue weighted by molar-refractivity contribution is -0.107. The molecule has 1 heterocycles. The smallest absolute Gasteiger partial charge is 0.147 e. The van der Waals surface area contributed by atoms with Crippen molar-refractivity contribution in [2.45, 2.75) is 16.7 Å². The number of nitrogens with one attached hydrogen (secondary N) is 1. The first kappa shape index (κ1) is 8.35. The maximum atomic E-state index is 10.5. The largest absolute Gasteiger partial charge is 0.301 e. The van der Waals surface area contributed by atoms with E-state index in [1.165, 1.54) is 0 Å². The van der Waals surface area contributed by atoms with E-state index in [1.54, 1.807) is 11.8 Å². The summed E-state index contributed by atoms with van der Waals surface area (Å²) in [4.78, 5) is 10.5. The molecule has 1 aliphatic carbocycles. The molecule has 2 nitrogen and oxygen atoms in total. The predicted molar refractivity (Wildman–Crippen MR) is 51.2 cm³/mol. The third-order valence-corrected chi connectivity index (χ3v) is 3.48. The Kier molecular flexibility index (Phi) is 2.26. The summed E-state index contributed by atoms with van der Waals surface area (Å²) in [6.45, 7) is 0. The van der Waals surface area contributed by atoms with Crippen LogP contribution in [0, 0.1) is 0 Å². The Morgan fingerprint density at radius 2 is 2.50 bits per heavy atom. The molecule has 0 amide bonds. The van der Waals surface area contributed by atoms with Crippen LogP contribution in [-0.4, -0.2) is 23.0 Å². The van der Waals surface area contributed by atoms with Crippen LogP contribution in [0.25, 0.3) is 0 Å². The zero-order valence-corrected chi connectivity index (χ0v) is 7.81. The molecule has 1 aliphatic heterocycles. The van der Waals surface area contributed by atoms with Gasteiger partial charge in [-0.15, -0.1) is 11.8 Å². The van der Waals surface area contributed by atoms with Gasteiger partial charge in [0.2, 0.25) is 0 Å². The second-order valence-electron chi connectivity index (χ2n) is 2.76. The molecule has 1 fully saturated rings. The van der Waals surface area contributed by atoms with E-state index in [0.717, 1.165) is 11.3 Å². The van der Waals surface area contributed by atoms with Crippen LogP contribution in [0.5, 0.6) is 0 Å². The van der Waals surface area contributed by atoms with Crippen LogP contribution in [-0.2, 0) is 4.79 Å². The van der Waals surface area contributed by atoms with Crippen LogP contribution in [0.15, 0.2) is 23.3 Å². The highest BCUT2D eigenvalue weighted by Gasteiger charge is 2.32. The minimum atomic E-state index is -0.0801. The Labute approximate surface area is 80.0 Å². The van der Waals surface area contributed by atoms with E-state index in [4.69, 9.17) is 11.6 Å². The first-order chi connectivity index (χ1) is 5.79. The Morgan fingerprint density at radius 3 is 3.25 bits per heavy atom. The van der Waals surface area contributed by atoms with Crippen molar-refractivity contribution < 1.29 is 4.79 Å². The van der Waals surface area contributed by atoms with Crippen LogP contribution >= 0.6 is 23.4 Å². The molecule has 0 spiro atoms. The van der Waals surface area contributed by atoms with Crippen molar-refractivity contribution in [3.63, 3.8) is 0 Å². The number of hydrogen-bond donors (Lipinski definition) is 1. The van der Waals surface area contributed by atoms with Gasteiger partial charge in [0.25, 0.3) is 0 Å². The summed E-state index contributed by atoms with van der Waals surface area (Å²) in [6.07, 6.45) is 6.79. The van der Waals surface area contributed by atoms with Gasteiger partial charge in [-0.1, -0.05) is 17.7 Å². The fourth-order valence-corrected chi connectivity index (χ4v) is 2.71. The average molecular weight is 202 g/mol. The molecule has 3 unspecified atom stereocenters. The molecule has 0 saturated carbocycles. The lowest BCUT2D eigenvalue weighted by Gasteiger charge is -2.14. The number of fused-ring (bicyclic) bond motifs is 1. The molecule has 64 valence electrons. The van der Waals surface area contributed by atoms with E-state index in [1.807, 2.05) is 18.2 Å². The van der Waals surface area contributed by atoms with E-state index in [0.29, 0.717) is 5.25 Å². The fourth-order valence-electron chi connectivity index (χ4n) is 1.37. The molecular weight excluding hydrogens is 194 g/mol. The van der Waals surface area contributed by atoms with Gasteiger partial charge >= 0.3 is 0 Å². The molecule has 0 aromatic carbocycles. The van der Waals surface area contributed by atoms with E-state index in [9.17, 15) is 4.79 Å². The minimum Gasteiger partial charge on any atom is -0.301 e. The van der Waals surface area contributed by atoms with Gasteiger partial charge in [0, 0.05) is 16.3 Å². The molecule has 0 bridgehead atoms. The van der Waals surface area contributed by atoms with E-state index in [2.05, 4.69) is 5.32 Å². The second-order valence-corrected chi connectivity index (χ2v) is 4.52. The van der Waals surface area contributed by atoms with Gasteiger partial charge in [0.15, 0.2) is 0 Å². The van der Waals surface area contributed by atoms with Gasteiger partial charge in [-0.05, 0) is 12.2 Å². The van der Waals surface area contributed by atoms with E-state index >= 15 is 0 Å². The highest BCUT2D eigenvalue weighted by atomic mass is 35.5. The highest BCUT2D eigenvalue weighted by molar-refractivity contribution is 8.01. The molecule has 0 radical (unpaired) electrons. The van der Waals surface area contributed by atoms with Gasteiger partial charge in [-0.3, -0.25) is 5.32 Å². The van der Waals surface area contributed by atoms with Crippen molar-refractivity contribution in [1.29, 1.82) is 0 Å². The molecule has 4 heteroatoms. The summed E-state index contributed by atoms with van der Waals surface area (Å²) in [5.74, 6) is 0. The van der Waals surface area contributed by atoms with Crippen molar-refractivity contribution in [1.82, 2.24) is 5.32 Å². The SMILES string of the molecule is O=CC1NC2C=C(Cl)C=CC2S1. The predicted octanol–water partition coefficient (Wildman–Crippen LogP) is 1.28. The molecule has 1 N–H and O–H groups in total. The Bertz CT molecular complexity index is 264. The van der Waals surface area contributed by atoms with Gasteiger partial charge in [-0.25, -0.2) is 0 Å². The number of carbonyl (C=O) groups is 1. The Balaban J connectivity index is 2.14. The summed E-state index contributed by atoms with van der Waals surface area (Å²) < 4.78 is 0. The number of halogens is 1. The Hall–Kier alpha value is -0.250. The van der Waals surface area contributed by atoms with Gasteiger partial charge in [-0.2, -0.15) is 0 Å². The summed E-state index contributed by atoms with van der Waals surface area (Å²) >= 11 is 7.44. The zero-order chi connectivity index (χ0) is 8.55. The zero-order valence-electron chi connectivity index (χ0n) is 6.24. The molecule has 0 aromatic rings. The standard InChI is InChI=1S/C8H8ClNOS/c9-5-1-2-7-6(3-5)10-8(4-11)12-7/h1-4,6-8,10H. The second kappa shape index (κ2) is 3.24. The molecule has 1 saturated heterocycles. The van der Waals surface area contributed by atoms with Crippen LogP contribution in [0.1, 0.15) is 0 Å². The molecular formula is C8H8ClNOS. The third-order valence-electron chi connectivity index (χ3n) is 1.92. The summed E-state index contributed by atoms with van der Waals surface area (Å²) in [5, 5.41) is 4.19. The quantitative estimate of drug-likeness (QED) is 0.648. The van der Waals surface area contributed by atoms with Crippen LogP contribution < -0.4 is 5.32 Å². The molecule has 2 rings (SSSR count). The van der Waals surface area contributed by atoms with Gasteiger partial charge in [0.1, 0.15) is 11.7 Å². The van der Waals surface area contributed by atoms with Gasteiger partial charge < -0.3 is 4.79 Å². The Morgan fingerprint density at radius 1 is 1.67 bits per heavy atom. The average Bonchev–Trinajstić information content (AvgIpc) is 2.46. The van der Waals surface area contributed by atoms with Crippen molar-refractivity contribution in [2.24, 2.45) is 0 Å². The van der Waals surface area contributed by atoms with Crippen molar-refractivity contribution in [3.8, 4) is 0 Å². The first-order valence-electron chi connectivity index (χ1n) is 3.72. The number of allylic oxidation sites excluding steroid dienone is 2.